The summed E-state index contributed by atoms with van der Waals surface area (Å²) in [7, 11) is 0. The number of aliphatic hydroxyl groups excluding tert-OH is 1. The molecule has 0 saturated carbocycles. The summed E-state index contributed by atoms with van der Waals surface area (Å²) in [4.78, 5) is 0. The van der Waals surface area contributed by atoms with Crippen LogP contribution in [0.4, 0.5) is 0 Å². The molecule has 0 radical (unpaired) electrons. The quantitative estimate of drug-likeness (QED) is 0.867. The van der Waals surface area contributed by atoms with Gasteiger partial charge in [0.15, 0.2) is 0 Å². The lowest BCUT2D eigenvalue weighted by Gasteiger charge is -2.27. The standard InChI is InChI=1S/C16H24O2/c1-16(2,11-17)12-18-10-14-8-5-7-13-6-3-4-9-15(13)14/h3-4,6,9,14,17H,5,7-8,10-12H2,1-2H3. The van der Waals surface area contributed by atoms with Crippen molar-refractivity contribution in [3.8, 4) is 0 Å². The molecule has 2 rings (SSSR count). The maximum atomic E-state index is 9.21. The zero-order valence-electron chi connectivity index (χ0n) is 11.5. The van der Waals surface area contributed by atoms with Gasteiger partial charge in [0, 0.05) is 11.3 Å². The largest absolute Gasteiger partial charge is 0.396 e. The molecule has 0 aromatic heterocycles. The van der Waals surface area contributed by atoms with E-state index in [9.17, 15) is 5.11 Å². The Bertz CT molecular complexity index is 384. The fraction of sp³-hybridized carbons (Fsp3) is 0.625. The highest BCUT2D eigenvalue weighted by Crippen LogP contribution is 2.31. The van der Waals surface area contributed by atoms with Crippen LogP contribution in [0, 0.1) is 5.41 Å². The van der Waals surface area contributed by atoms with Crippen LogP contribution in [0.3, 0.4) is 0 Å². The van der Waals surface area contributed by atoms with Gasteiger partial charge in [-0.25, -0.2) is 0 Å². The highest BCUT2D eigenvalue weighted by atomic mass is 16.5. The van der Waals surface area contributed by atoms with Crippen molar-refractivity contribution in [1.29, 1.82) is 0 Å². The number of benzene rings is 1. The van der Waals surface area contributed by atoms with Crippen molar-refractivity contribution in [2.75, 3.05) is 19.8 Å². The third-order valence-electron chi connectivity index (χ3n) is 3.73. The van der Waals surface area contributed by atoms with Crippen LogP contribution in [0.1, 0.15) is 43.7 Å². The fourth-order valence-corrected chi connectivity index (χ4v) is 2.55. The van der Waals surface area contributed by atoms with Crippen LogP contribution in [0.5, 0.6) is 0 Å². The lowest BCUT2D eigenvalue weighted by Crippen LogP contribution is -2.25. The van der Waals surface area contributed by atoms with Gasteiger partial charge in [0.2, 0.25) is 0 Å². The Balaban J connectivity index is 1.92. The van der Waals surface area contributed by atoms with Gasteiger partial charge in [0.25, 0.3) is 0 Å². The molecule has 1 aliphatic rings. The van der Waals surface area contributed by atoms with Gasteiger partial charge < -0.3 is 9.84 Å². The minimum Gasteiger partial charge on any atom is -0.396 e. The summed E-state index contributed by atoms with van der Waals surface area (Å²) >= 11 is 0. The molecule has 1 atom stereocenters. The first-order valence-electron chi connectivity index (χ1n) is 6.89. The molecule has 1 aromatic carbocycles. The first kappa shape index (κ1) is 13.6. The van der Waals surface area contributed by atoms with Gasteiger partial charge in [-0.15, -0.1) is 0 Å². The first-order valence-corrected chi connectivity index (χ1v) is 6.89. The molecule has 1 unspecified atom stereocenters. The van der Waals surface area contributed by atoms with Crippen molar-refractivity contribution in [3.05, 3.63) is 35.4 Å². The van der Waals surface area contributed by atoms with Crippen LogP contribution in [-0.2, 0) is 11.2 Å². The SMILES string of the molecule is CC(C)(CO)COCC1CCCc2ccccc21. The summed E-state index contributed by atoms with van der Waals surface area (Å²) in [5, 5.41) is 9.21. The summed E-state index contributed by atoms with van der Waals surface area (Å²) in [6, 6.07) is 8.71. The van der Waals surface area contributed by atoms with Gasteiger partial charge in [-0.3, -0.25) is 0 Å². The normalized spacial score (nSPS) is 19.6. The Morgan fingerprint density at radius 3 is 2.89 bits per heavy atom. The molecule has 0 heterocycles. The Labute approximate surface area is 110 Å². The minimum absolute atomic E-state index is 0.131. The highest BCUT2D eigenvalue weighted by molar-refractivity contribution is 5.32. The molecule has 1 aromatic rings. The van der Waals surface area contributed by atoms with E-state index in [0.29, 0.717) is 12.5 Å². The Kier molecular flexibility index (Phi) is 4.41. The second kappa shape index (κ2) is 5.85. The van der Waals surface area contributed by atoms with Crippen molar-refractivity contribution in [2.24, 2.45) is 5.41 Å². The molecule has 1 N–H and O–H groups in total. The monoisotopic (exact) mass is 248 g/mol. The number of aliphatic hydroxyl groups is 1. The van der Waals surface area contributed by atoms with Crippen LogP contribution in [0.25, 0.3) is 0 Å². The van der Waals surface area contributed by atoms with Gasteiger partial charge in [-0.05, 0) is 30.4 Å². The van der Waals surface area contributed by atoms with Crippen LogP contribution < -0.4 is 0 Å². The van der Waals surface area contributed by atoms with E-state index in [2.05, 4.69) is 24.3 Å². The highest BCUT2D eigenvalue weighted by Gasteiger charge is 2.22. The molecular weight excluding hydrogens is 224 g/mol. The number of rotatable bonds is 5. The van der Waals surface area contributed by atoms with E-state index in [0.717, 1.165) is 6.61 Å². The molecule has 0 aliphatic heterocycles. The summed E-state index contributed by atoms with van der Waals surface area (Å²) in [5.74, 6) is 0.532. The minimum atomic E-state index is -0.131. The van der Waals surface area contributed by atoms with E-state index < -0.39 is 0 Å². The summed E-state index contributed by atoms with van der Waals surface area (Å²) in [6.45, 7) is 5.64. The second-order valence-corrected chi connectivity index (χ2v) is 6.13. The molecule has 0 bridgehead atoms. The van der Waals surface area contributed by atoms with Crippen molar-refractivity contribution < 1.29 is 9.84 Å². The lowest BCUT2D eigenvalue weighted by atomic mass is 9.83. The van der Waals surface area contributed by atoms with Crippen molar-refractivity contribution in [3.63, 3.8) is 0 Å². The Morgan fingerprint density at radius 2 is 2.11 bits per heavy atom. The summed E-state index contributed by atoms with van der Waals surface area (Å²) in [6.07, 6.45) is 3.68. The predicted molar refractivity (Wildman–Crippen MR) is 73.8 cm³/mol. The maximum Gasteiger partial charge on any atom is 0.0539 e. The van der Waals surface area contributed by atoms with Gasteiger partial charge in [-0.1, -0.05) is 38.1 Å². The number of hydrogen-bond donors (Lipinski definition) is 1. The molecule has 18 heavy (non-hydrogen) atoms. The molecule has 1 aliphatic carbocycles. The molecule has 2 heteroatoms. The lowest BCUT2D eigenvalue weighted by molar-refractivity contribution is 0.0204. The smallest absolute Gasteiger partial charge is 0.0539 e. The molecule has 0 spiro atoms. The average Bonchev–Trinajstić information content (AvgIpc) is 2.39. The predicted octanol–water partition coefficient (Wildman–Crippen LogP) is 3.14. The average molecular weight is 248 g/mol. The van der Waals surface area contributed by atoms with Gasteiger partial charge >= 0.3 is 0 Å². The van der Waals surface area contributed by atoms with E-state index in [4.69, 9.17) is 4.74 Å². The zero-order chi connectivity index (χ0) is 13.0. The molecule has 100 valence electrons. The fourth-order valence-electron chi connectivity index (χ4n) is 2.55. The number of hydrogen-bond acceptors (Lipinski definition) is 2. The first-order chi connectivity index (χ1) is 8.62. The Hall–Kier alpha value is -0.860. The van der Waals surface area contributed by atoms with Gasteiger partial charge in [-0.2, -0.15) is 0 Å². The van der Waals surface area contributed by atoms with Crippen LogP contribution in [0.2, 0.25) is 0 Å². The third kappa shape index (κ3) is 3.33. The molecule has 0 amide bonds. The molecule has 0 fully saturated rings. The van der Waals surface area contributed by atoms with Crippen LogP contribution >= 0.6 is 0 Å². The van der Waals surface area contributed by atoms with Gasteiger partial charge in [0.05, 0.1) is 19.8 Å². The number of aryl methyl sites for hydroxylation is 1. The van der Waals surface area contributed by atoms with E-state index >= 15 is 0 Å². The van der Waals surface area contributed by atoms with Gasteiger partial charge in [0.1, 0.15) is 0 Å². The Morgan fingerprint density at radius 1 is 1.33 bits per heavy atom. The van der Waals surface area contributed by atoms with E-state index in [1.807, 2.05) is 13.8 Å². The second-order valence-electron chi connectivity index (χ2n) is 6.13. The van der Waals surface area contributed by atoms with E-state index in [1.165, 1.54) is 30.4 Å². The van der Waals surface area contributed by atoms with E-state index in [1.54, 1.807) is 0 Å². The summed E-state index contributed by atoms with van der Waals surface area (Å²) < 4.78 is 5.83. The molecule has 0 saturated heterocycles. The molecule has 2 nitrogen and oxygen atoms in total. The van der Waals surface area contributed by atoms with E-state index in [-0.39, 0.29) is 12.0 Å². The number of fused-ring (bicyclic) bond motifs is 1. The maximum absolute atomic E-state index is 9.21. The topological polar surface area (TPSA) is 29.5 Å². The zero-order valence-corrected chi connectivity index (χ0v) is 11.5. The van der Waals surface area contributed by atoms with Crippen molar-refractivity contribution in [1.82, 2.24) is 0 Å². The van der Waals surface area contributed by atoms with Crippen molar-refractivity contribution in [2.45, 2.75) is 39.0 Å². The third-order valence-corrected chi connectivity index (χ3v) is 3.73. The van der Waals surface area contributed by atoms with Crippen LogP contribution in [0.15, 0.2) is 24.3 Å². The van der Waals surface area contributed by atoms with Crippen LogP contribution in [-0.4, -0.2) is 24.9 Å². The molecular formula is C16H24O2. The van der Waals surface area contributed by atoms with Crippen molar-refractivity contribution >= 4 is 0 Å². The number of ether oxygens (including phenoxy) is 1. The summed E-state index contributed by atoms with van der Waals surface area (Å²) in [5.41, 5.74) is 2.82.